The first-order valence-corrected chi connectivity index (χ1v) is 7.29. The van der Waals surface area contributed by atoms with E-state index in [0.29, 0.717) is 13.0 Å². The van der Waals surface area contributed by atoms with Crippen LogP contribution in [0.1, 0.15) is 24.9 Å². The van der Waals surface area contributed by atoms with Crippen LogP contribution in [-0.4, -0.2) is 35.4 Å². The third-order valence-electron chi connectivity index (χ3n) is 3.49. The summed E-state index contributed by atoms with van der Waals surface area (Å²) in [6, 6.07) is 7.77. The van der Waals surface area contributed by atoms with Crippen molar-refractivity contribution in [1.29, 1.82) is 0 Å². The Kier molecular flexibility index (Phi) is 4.41. The quantitative estimate of drug-likeness (QED) is 0.737. The van der Waals surface area contributed by atoms with Gasteiger partial charge in [0.1, 0.15) is 25.3 Å². The van der Waals surface area contributed by atoms with Crippen LogP contribution in [0, 0.1) is 0 Å². The van der Waals surface area contributed by atoms with E-state index < -0.39 is 0 Å². The molecule has 8 heteroatoms. The second kappa shape index (κ2) is 6.82. The summed E-state index contributed by atoms with van der Waals surface area (Å²) in [5.41, 5.74) is 1.96. The number of carbonyl (C=O) groups excluding carboxylic acids is 1. The Morgan fingerprint density at radius 2 is 1.87 bits per heavy atom. The Hall–Kier alpha value is -3.03. The van der Waals surface area contributed by atoms with E-state index in [4.69, 9.17) is 0 Å². The molecule has 23 heavy (non-hydrogen) atoms. The standard InChI is InChI=1S/C15H17N7O/c1-12(20-15(23)6-7-21-10-16-8-18-21)13-2-4-14(5-3-13)22-11-17-9-19-22/h2-5,8-12H,6-7H2,1H3,(H,20,23)/t12-/m1/s1. The van der Waals surface area contributed by atoms with E-state index in [9.17, 15) is 4.79 Å². The van der Waals surface area contributed by atoms with Gasteiger partial charge in [0.05, 0.1) is 18.3 Å². The molecule has 0 aliphatic rings. The van der Waals surface area contributed by atoms with Gasteiger partial charge in [-0.05, 0) is 24.6 Å². The number of nitrogens with zero attached hydrogens (tertiary/aromatic N) is 6. The molecule has 118 valence electrons. The number of hydrogen-bond donors (Lipinski definition) is 1. The van der Waals surface area contributed by atoms with Crippen molar-refractivity contribution in [2.24, 2.45) is 0 Å². The highest BCUT2D eigenvalue weighted by Gasteiger charge is 2.10. The third kappa shape index (κ3) is 3.79. The maximum absolute atomic E-state index is 12.0. The summed E-state index contributed by atoms with van der Waals surface area (Å²) < 4.78 is 3.32. The van der Waals surface area contributed by atoms with Gasteiger partial charge in [-0.2, -0.15) is 10.2 Å². The van der Waals surface area contributed by atoms with Gasteiger partial charge in [0.2, 0.25) is 5.91 Å². The molecular weight excluding hydrogens is 294 g/mol. The number of hydrogen-bond acceptors (Lipinski definition) is 5. The van der Waals surface area contributed by atoms with Gasteiger partial charge in [-0.25, -0.2) is 14.6 Å². The molecule has 3 rings (SSSR count). The molecule has 0 saturated carbocycles. The molecule has 0 fully saturated rings. The highest BCUT2D eigenvalue weighted by atomic mass is 16.1. The minimum atomic E-state index is -0.0666. The minimum Gasteiger partial charge on any atom is -0.350 e. The summed E-state index contributed by atoms with van der Waals surface area (Å²) in [6.07, 6.45) is 6.55. The first-order chi connectivity index (χ1) is 11.2. The lowest BCUT2D eigenvalue weighted by Gasteiger charge is -2.15. The summed E-state index contributed by atoms with van der Waals surface area (Å²) >= 11 is 0. The van der Waals surface area contributed by atoms with E-state index >= 15 is 0 Å². The van der Waals surface area contributed by atoms with E-state index in [1.54, 1.807) is 22.0 Å². The van der Waals surface area contributed by atoms with Crippen molar-refractivity contribution in [3.8, 4) is 5.69 Å². The molecule has 0 bridgehead atoms. The average molecular weight is 311 g/mol. The molecule has 1 aromatic carbocycles. The van der Waals surface area contributed by atoms with E-state index in [1.165, 1.54) is 12.7 Å². The molecule has 2 aromatic heterocycles. The molecule has 0 aliphatic carbocycles. The normalized spacial score (nSPS) is 12.0. The van der Waals surface area contributed by atoms with E-state index in [2.05, 4.69) is 25.5 Å². The second-order valence-electron chi connectivity index (χ2n) is 5.13. The van der Waals surface area contributed by atoms with Crippen LogP contribution in [-0.2, 0) is 11.3 Å². The molecule has 0 radical (unpaired) electrons. The molecule has 1 N–H and O–H groups in total. The highest BCUT2D eigenvalue weighted by Crippen LogP contribution is 2.15. The van der Waals surface area contributed by atoms with Gasteiger partial charge in [0.15, 0.2) is 0 Å². The molecule has 0 unspecified atom stereocenters. The summed E-state index contributed by atoms with van der Waals surface area (Å²) in [4.78, 5) is 19.7. The molecule has 0 spiro atoms. The zero-order valence-corrected chi connectivity index (χ0v) is 12.7. The topological polar surface area (TPSA) is 90.5 Å². The van der Waals surface area contributed by atoms with Gasteiger partial charge in [-0.3, -0.25) is 9.48 Å². The van der Waals surface area contributed by atoms with Gasteiger partial charge < -0.3 is 5.32 Å². The SMILES string of the molecule is C[C@@H](NC(=O)CCn1cncn1)c1ccc(-n2cncn2)cc1. The molecule has 1 atom stereocenters. The first kappa shape index (κ1) is 14.9. The lowest BCUT2D eigenvalue weighted by atomic mass is 10.1. The van der Waals surface area contributed by atoms with Crippen LogP contribution >= 0.6 is 0 Å². The van der Waals surface area contributed by atoms with Gasteiger partial charge in [-0.15, -0.1) is 0 Å². The Morgan fingerprint density at radius 3 is 2.52 bits per heavy atom. The fourth-order valence-electron chi connectivity index (χ4n) is 2.22. The monoisotopic (exact) mass is 311 g/mol. The fourth-order valence-corrected chi connectivity index (χ4v) is 2.22. The maximum Gasteiger partial charge on any atom is 0.222 e. The lowest BCUT2D eigenvalue weighted by Crippen LogP contribution is -2.27. The fraction of sp³-hybridized carbons (Fsp3) is 0.267. The number of rotatable bonds is 6. The van der Waals surface area contributed by atoms with Crippen molar-refractivity contribution in [1.82, 2.24) is 34.8 Å². The molecule has 1 amide bonds. The van der Waals surface area contributed by atoms with Crippen molar-refractivity contribution in [2.75, 3.05) is 0 Å². The zero-order valence-electron chi connectivity index (χ0n) is 12.7. The van der Waals surface area contributed by atoms with Crippen molar-refractivity contribution >= 4 is 5.91 Å². The molecule has 0 saturated heterocycles. The van der Waals surface area contributed by atoms with Gasteiger partial charge in [-0.1, -0.05) is 12.1 Å². The van der Waals surface area contributed by atoms with Crippen LogP contribution in [0.25, 0.3) is 5.69 Å². The van der Waals surface area contributed by atoms with Crippen molar-refractivity contribution in [2.45, 2.75) is 25.9 Å². The van der Waals surface area contributed by atoms with Gasteiger partial charge in [0.25, 0.3) is 0 Å². The van der Waals surface area contributed by atoms with Crippen molar-refractivity contribution in [3.63, 3.8) is 0 Å². The Balaban J connectivity index is 1.55. The van der Waals surface area contributed by atoms with Crippen LogP contribution in [0.15, 0.2) is 49.6 Å². The van der Waals surface area contributed by atoms with Gasteiger partial charge >= 0.3 is 0 Å². The molecule has 2 heterocycles. The largest absolute Gasteiger partial charge is 0.350 e. The maximum atomic E-state index is 12.0. The minimum absolute atomic E-state index is 0.0200. The van der Waals surface area contributed by atoms with Crippen molar-refractivity contribution in [3.05, 3.63) is 55.1 Å². The second-order valence-corrected chi connectivity index (χ2v) is 5.13. The number of nitrogens with one attached hydrogen (secondary N) is 1. The number of benzene rings is 1. The highest BCUT2D eigenvalue weighted by molar-refractivity contribution is 5.76. The molecule has 0 aliphatic heterocycles. The number of carbonyl (C=O) groups is 1. The summed E-state index contributed by atoms with van der Waals surface area (Å²) in [6.45, 7) is 2.47. The predicted octanol–water partition coefficient (Wildman–Crippen LogP) is 1.13. The number of aromatic nitrogens is 6. The van der Waals surface area contributed by atoms with Crippen LogP contribution in [0.3, 0.4) is 0 Å². The number of aryl methyl sites for hydroxylation is 1. The van der Waals surface area contributed by atoms with Crippen LogP contribution in [0.5, 0.6) is 0 Å². The first-order valence-electron chi connectivity index (χ1n) is 7.29. The Morgan fingerprint density at radius 1 is 1.13 bits per heavy atom. The summed E-state index contributed by atoms with van der Waals surface area (Å²) in [5, 5.41) is 11.0. The summed E-state index contributed by atoms with van der Waals surface area (Å²) in [5.74, 6) is -0.0200. The number of amides is 1. The Labute approximate surface area is 133 Å². The lowest BCUT2D eigenvalue weighted by molar-refractivity contribution is -0.122. The molecular formula is C15H17N7O. The molecule has 3 aromatic rings. The van der Waals surface area contributed by atoms with E-state index in [-0.39, 0.29) is 11.9 Å². The zero-order chi connectivity index (χ0) is 16.1. The predicted molar refractivity (Wildman–Crippen MR) is 82.6 cm³/mol. The summed E-state index contributed by atoms with van der Waals surface area (Å²) in [7, 11) is 0. The molecule has 8 nitrogen and oxygen atoms in total. The van der Waals surface area contributed by atoms with E-state index in [0.717, 1.165) is 11.3 Å². The van der Waals surface area contributed by atoms with Gasteiger partial charge in [0, 0.05) is 6.42 Å². The smallest absolute Gasteiger partial charge is 0.222 e. The third-order valence-corrected chi connectivity index (χ3v) is 3.49. The van der Waals surface area contributed by atoms with E-state index in [1.807, 2.05) is 31.2 Å². The van der Waals surface area contributed by atoms with Crippen molar-refractivity contribution < 1.29 is 4.79 Å². The van der Waals surface area contributed by atoms with Crippen LogP contribution in [0.2, 0.25) is 0 Å². The average Bonchev–Trinajstić information content (AvgIpc) is 3.26. The Bertz CT molecular complexity index is 735. The van der Waals surface area contributed by atoms with Crippen LogP contribution < -0.4 is 5.32 Å². The van der Waals surface area contributed by atoms with Crippen LogP contribution in [0.4, 0.5) is 0 Å².